The monoisotopic (exact) mass is 449 g/mol. The van der Waals surface area contributed by atoms with Gasteiger partial charge in [-0.15, -0.1) is 0 Å². The van der Waals surface area contributed by atoms with Gasteiger partial charge in [0.1, 0.15) is 0 Å². The van der Waals surface area contributed by atoms with E-state index in [1.54, 1.807) is 0 Å². The molecule has 0 unspecified atom stereocenters. The molecule has 1 saturated heterocycles. The molecule has 0 spiro atoms. The van der Waals surface area contributed by atoms with E-state index in [9.17, 15) is 4.79 Å². The number of halogens is 1. The molecule has 6 nitrogen and oxygen atoms in total. The number of nitrogens with one attached hydrogen (secondary N) is 1. The van der Waals surface area contributed by atoms with Crippen molar-refractivity contribution in [2.24, 2.45) is 0 Å². The Morgan fingerprint density at radius 3 is 2.69 bits per heavy atom. The van der Waals surface area contributed by atoms with Crippen LogP contribution in [0.25, 0.3) is 11.1 Å². The van der Waals surface area contributed by atoms with E-state index in [0.717, 1.165) is 48.4 Å². The lowest BCUT2D eigenvalue weighted by atomic mass is 9.99. The number of hydrogen-bond donors (Lipinski definition) is 1. The molecule has 166 valence electrons. The van der Waals surface area contributed by atoms with Crippen LogP contribution < -0.4 is 10.2 Å². The summed E-state index contributed by atoms with van der Waals surface area (Å²) in [5.74, 6) is 0.642. The Morgan fingerprint density at radius 2 is 2.00 bits per heavy atom. The molecule has 32 heavy (non-hydrogen) atoms. The van der Waals surface area contributed by atoms with E-state index in [0.29, 0.717) is 11.0 Å². The van der Waals surface area contributed by atoms with E-state index in [1.807, 2.05) is 55.5 Å². The van der Waals surface area contributed by atoms with Gasteiger partial charge >= 0.3 is 0 Å². The normalized spacial score (nSPS) is 16.2. The van der Waals surface area contributed by atoms with Crippen LogP contribution in [0.4, 0.5) is 11.6 Å². The van der Waals surface area contributed by atoms with Crippen LogP contribution in [-0.2, 0) is 11.3 Å². The maximum Gasteiger partial charge on any atom is 0.225 e. The summed E-state index contributed by atoms with van der Waals surface area (Å²) in [6.45, 7) is 3.35. The maximum absolute atomic E-state index is 11.3. The van der Waals surface area contributed by atoms with Crippen LogP contribution in [0.2, 0.25) is 5.02 Å². The average Bonchev–Trinajstić information content (AvgIpc) is 3.22. The number of rotatable bonds is 6. The first-order chi connectivity index (χ1) is 15.4. The van der Waals surface area contributed by atoms with Crippen molar-refractivity contribution in [1.82, 2.24) is 14.9 Å². The van der Waals surface area contributed by atoms with Gasteiger partial charge < -0.3 is 10.2 Å². The Hall–Kier alpha value is -2.96. The highest BCUT2D eigenvalue weighted by molar-refractivity contribution is 6.30. The third-order valence-corrected chi connectivity index (χ3v) is 5.92. The molecular weight excluding hydrogens is 422 g/mol. The molecule has 0 radical (unpaired) electrons. The summed E-state index contributed by atoms with van der Waals surface area (Å²) in [6.07, 6.45) is 4.08. The zero-order valence-corrected chi connectivity index (χ0v) is 19.4. The minimum atomic E-state index is -0.0636. The Kier molecular flexibility index (Phi) is 6.72. The van der Waals surface area contributed by atoms with Crippen molar-refractivity contribution in [1.29, 1.82) is 0 Å². The van der Waals surface area contributed by atoms with Crippen molar-refractivity contribution in [3.05, 3.63) is 71.0 Å². The van der Waals surface area contributed by atoms with Crippen molar-refractivity contribution in [2.75, 3.05) is 30.9 Å². The second-order valence-electron chi connectivity index (χ2n) is 8.38. The number of amides is 1. The fourth-order valence-corrected chi connectivity index (χ4v) is 4.38. The summed E-state index contributed by atoms with van der Waals surface area (Å²) in [5, 5.41) is 3.52. The van der Waals surface area contributed by atoms with E-state index >= 15 is 0 Å². The number of aromatic nitrogens is 2. The predicted molar refractivity (Wildman–Crippen MR) is 130 cm³/mol. The molecular formula is C25H28ClN5O. The standard InChI is InChI=1S/C25H28ClN5O/c1-17(32)28-21-11-9-18(10-12-21)16-31-13-5-8-23(31)24-22(15-27-25(29-24)30(2)3)19-6-4-7-20(26)14-19/h4,6-7,9-12,14-15,23H,5,8,13,16H2,1-3H3,(H,28,32)/t23-/m1/s1. The summed E-state index contributed by atoms with van der Waals surface area (Å²) >= 11 is 6.28. The van der Waals surface area contributed by atoms with Gasteiger partial charge in [0.15, 0.2) is 0 Å². The zero-order chi connectivity index (χ0) is 22.7. The molecule has 0 bridgehead atoms. The Balaban J connectivity index is 1.65. The molecule has 2 heterocycles. The van der Waals surface area contributed by atoms with Crippen molar-refractivity contribution < 1.29 is 4.79 Å². The largest absolute Gasteiger partial charge is 0.347 e. The molecule has 0 saturated carbocycles. The Morgan fingerprint density at radius 1 is 1.22 bits per heavy atom. The predicted octanol–water partition coefficient (Wildman–Crippen LogP) is 5.16. The van der Waals surface area contributed by atoms with Crippen LogP contribution in [0.15, 0.2) is 54.7 Å². The van der Waals surface area contributed by atoms with Gasteiger partial charge in [-0.1, -0.05) is 35.9 Å². The van der Waals surface area contributed by atoms with Gasteiger partial charge in [-0.2, -0.15) is 0 Å². The second-order valence-corrected chi connectivity index (χ2v) is 8.82. The zero-order valence-electron chi connectivity index (χ0n) is 18.7. The van der Waals surface area contributed by atoms with Crippen LogP contribution in [0.5, 0.6) is 0 Å². The first kappa shape index (κ1) is 22.2. The molecule has 1 aromatic heterocycles. The van der Waals surface area contributed by atoms with Gasteiger partial charge in [0, 0.05) is 50.0 Å². The lowest BCUT2D eigenvalue weighted by Gasteiger charge is -2.27. The van der Waals surface area contributed by atoms with Crippen molar-refractivity contribution in [2.45, 2.75) is 32.4 Å². The summed E-state index contributed by atoms with van der Waals surface area (Å²) < 4.78 is 0. The third kappa shape index (κ3) is 5.09. The van der Waals surface area contributed by atoms with Gasteiger partial charge in [-0.25, -0.2) is 9.97 Å². The molecule has 4 rings (SSSR count). The summed E-state index contributed by atoms with van der Waals surface area (Å²) in [4.78, 5) is 25.2. The highest BCUT2D eigenvalue weighted by Crippen LogP contribution is 2.38. The fourth-order valence-electron chi connectivity index (χ4n) is 4.19. The van der Waals surface area contributed by atoms with E-state index < -0.39 is 0 Å². The van der Waals surface area contributed by atoms with Crippen LogP contribution in [0.1, 0.15) is 37.1 Å². The van der Waals surface area contributed by atoms with Gasteiger partial charge in [-0.05, 0) is 54.8 Å². The SMILES string of the molecule is CC(=O)Nc1ccc(CN2CCC[C@@H]2c2nc(N(C)C)ncc2-c2cccc(Cl)c2)cc1. The van der Waals surface area contributed by atoms with Crippen LogP contribution in [0, 0.1) is 0 Å². The van der Waals surface area contributed by atoms with Gasteiger partial charge in [0.2, 0.25) is 11.9 Å². The van der Waals surface area contributed by atoms with Crippen molar-refractivity contribution in [3.63, 3.8) is 0 Å². The van der Waals surface area contributed by atoms with Crippen LogP contribution in [0.3, 0.4) is 0 Å². The smallest absolute Gasteiger partial charge is 0.225 e. The van der Waals surface area contributed by atoms with Gasteiger partial charge in [0.25, 0.3) is 0 Å². The lowest BCUT2D eigenvalue weighted by Crippen LogP contribution is -2.25. The highest BCUT2D eigenvalue weighted by atomic mass is 35.5. The molecule has 1 fully saturated rings. The van der Waals surface area contributed by atoms with E-state index in [-0.39, 0.29) is 11.9 Å². The summed E-state index contributed by atoms with van der Waals surface area (Å²) in [5.41, 5.74) is 5.12. The topological polar surface area (TPSA) is 61.4 Å². The summed E-state index contributed by atoms with van der Waals surface area (Å²) in [7, 11) is 3.92. The maximum atomic E-state index is 11.3. The number of nitrogens with zero attached hydrogens (tertiary/aromatic N) is 4. The number of carbonyl (C=O) groups excluding carboxylic acids is 1. The molecule has 3 aromatic rings. The van der Waals surface area contributed by atoms with Gasteiger partial charge in [-0.3, -0.25) is 9.69 Å². The number of anilines is 2. The Labute approximate surface area is 194 Å². The van der Waals surface area contributed by atoms with Gasteiger partial charge in [0.05, 0.1) is 11.7 Å². The quantitative estimate of drug-likeness (QED) is 0.563. The molecule has 1 atom stereocenters. The highest BCUT2D eigenvalue weighted by Gasteiger charge is 2.30. The molecule has 1 aliphatic heterocycles. The number of hydrogen-bond acceptors (Lipinski definition) is 5. The molecule has 7 heteroatoms. The number of benzene rings is 2. The first-order valence-electron chi connectivity index (χ1n) is 10.8. The van der Waals surface area contributed by atoms with Crippen molar-refractivity contribution in [3.8, 4) is 11.1 Å². The number of carbonyl (C=O) groups is 1. The van der Waals surface area contributed by atoms with Crippen LogP contribution >= 0.6 is 11.6 Å². The second kappa shape index (κ2) is 9.67. The minimum Gasteiger partial charge on any atom is -0.347 e. The van der Waals surface area contributed by atoms with Crippen LogP contribution in [-0.4, -0.2) is 41.4 Å². The average molecular weight is 450 g/mol. The minimum absolute atomic E-state index is 0.0636. The lowest BCUT2D eigenvalue weighted by molar-refractivity contribution is -0.114. The Bertz CT molecular complexity index is 1100. The third-order valence-electron chi connectivity index (χ3n) is 5.68. The molecule has 0 aliphatic carbocycles. The summed E-state index contributed by atoms with van der Waals surface area (Å²) in [6, 6.07) is 16.1. The molecule has 1 amide bonds. The first-order valence-corrected chi connectivity index (χ1v) is 11.2. The molecule has 1 N–H and O–H groups in total. The van der Waals surface area contributed by atoms with E-state index in [2.05, 4.69) is 33.4 Å². The molecule has 1 aliphatic rings. The fraction of sp³-hybridized carbons (Fsp3) is 0.320. The number of likely N-dealkylation sites (tertiary alicyclic amines) is 1. The van der Waals surface area contributed by atoms with Crippen molar-refractivity contribution >= 4 is 29.1 Å². The van der Waals surface area contributed by atoms with E-state index in [1.165, 1.54) is 12.5 Å². The molecule has 2 aromatic carbocycles. The van der Waals surface area contributed by atoms with E-state index in [4.69, 9.17) is 16.6 Å².